The predicted molar refractivity (Wildman–Crippen MR) is 104 cm³/mol. The average Bonchev–Trinajstić information content (AvgIpc) is 3.26. The Balaban J connectivity index is 1.42. The van der Waals surface area contributed by atoms with Gasteiger partial charge >= 0.3 is 0 Å². The van der Waals surface area contributed by atoms with Crippen LogP contribution in [0, 0.1) is 5.82 Å². The van der Waals surface area contributed by atoms with Crippen molar-refractivity contribution < 1.29 is 9.50 Å². The van der Waals surface area contributed by atoms with E-state index in [9.17, 15) is 9.50 Å². The summed E-state index contributed by atoms with van der Waals surface area (Å²) in [5.41, 5.74) is 4.57. The number of phenols is 1. The molecule has 4 aromatic rings. The Morgan fingerprint density at radius 1 is 1.11 bits per heavy atom. The van der Waals surface area contributed by atoms with Crippen molar-refractivity contribution in [2.75, 3.05) is 6.54 Å². The third-order valence-corrected chi connectivity index (χ3v) is 5.33. The third-order valence-electron chi connectivity index (χ3n) is 5.33. The molecule has 2 aromatic carbocycles. The molecule has 0 aliphatic carbocycles. The number of hydrogen-bond acceptors (Lipinski definition) is 4. The van der Waals surface area contributed by atoms with E-state index in [4.69, 9.17) is 10.1 Å². The summed E-state index contributed by atoms with van der Waals surface area (Å²) in [5, 5.41) is 14.7. The number of imidazole rings is 1. The molecule has 0 atom stereocenters. The molecule has 142 valence electrons. The first-order chi connectivity index (χ1) is 13.6. The topological polar surface area (TPSA) is 59.1 Å². The fourth-order valence-corrected chi connectivity index (χ4v) is 3.86. The van der Waals surface area contributed by atoms with E-state index in [0.29, 0.717) is 18.7 Å². The van der Waals surface area contributed by atoms with Crippen molar-refractivity contribution in [3.63, 3.8) is 0 Å². The number of aromatic hydroxyl groups is 1. The molecule has 28 heavy (non-hydrogen) atoms. The summed E-state index contributed by atoms with van der Waals surface area (Å²) in [5.74, 6) is 0.636. The summed E-state index contributed by atoms with van der Waals surface area (Å²) in [6.45, 7) is 2.71. The van der Waals surface area contributed by atoms with Crippen molar-refractivity contribution in [3.05, 3.63) is 65.6 Å². The molecule has 0 saturated carbocycles. The van der Waals surface area contributed by atoms with Gasteiger partial charge in [0.05, 0.1) is 23.3 Å². The zero-order valence-electron chi connectivity index (χ0n) is 15.5. The van der Waals surface area contributed by atoms with Gasteiger partial charge in [-0.25, -0.2) is 9.37 Å². The summed E-state index contributed by atoms with van der Waals surface area (Å²) in [6.07, 6.45) is 0. The minimum absolute atomic E-state index is 0.126. The Labute approximate surface area is 161 Å². The van der Waals surface area contributed by atoms with Gasteiger partial charge in [0.2, 0.25) is 0 Å². The molecule has 7 heteroatoms. The minimum Gasteiger partial charge on any atom is -0.508 e. The molecule has 6 nitrogen and oxygen atoms in total. The average molecular weight is 377 g/mol. The molecule has 0 fully saturated rings. The van der Waals surface area contributed by atoms with Crippen LogP contribution in [0.1, 0.15) is 11.3 Å². The normalized spacial score (nSPS) is 14.5. The van der Waals surface area contributed by atoms with Crippen LogP contribution >= 0.6 is 0 Å². The molecule has 0 saturated heterocycles. The van der Waals surface area contributed by atoms with E-state index in [-0.39, 0.29) is 11.6 Å². The standard InChI is InChI=1S/C21H20FN5O/c1-25-19-5-3-2-4-17(19)23-21(25)18-11-16-13-26(8-9-27(16)24-18)12-14-10-15(22)6-7-20(14)28/h2-7,10-11,28H,8-9,12-13H2,1H3. The van der Waals surface area contributed by atoms with Crippen LogP contribution in [0.4, 0.5) is 4.39 Å². The SMILES string of the molecule is Cn1c(-c2cc3n(n2)CCN(Cc2cc(F)ccc2O)C3)nc2ccccc21. The molecule has 2 aromatic heterocycles. The third kappa shape index (κ3) is 2.84. The summed E-state index contributed by atoms with van der Waals surface area (Å²) in [4.78, 5) is 6.92. The summed E-state index contributed by atoms with van der Waals surface area (Å²) < 4.78 is 17.6. The smallest absolute Gasteiger partial charge is 0.161 e. The molecule has 0 unspecified atom stereocenters. The largest absolute Gasteiger partial charge is 0.508 e. The van der Waals surface area contributed by atoms with Crippen LogP contribution in [-0.4, -0.2) is 35.9 Å². The van der Waals surface area contributed by atoms with Crippen molar-refractivity contribution in [1.82, 2.24) is 24.2 Å². The van der Waals surface area contributed by atoms with Crippen LogP contribution < -0.4 is 0 Å². The van der Waals surface area contributed by atoms with Gasteiger partial charge in [0, 0.05) is 32.2 Å². The lowest BCUT2D eigenvalue weighted by atomic mass is 10.1. The van der Waals surface area contributed by atoms with Gasteiger partial charge in [-0.2, -0.15) is 5.10 Å². The molecule has 0 bridgehead atoms. The van der Waals surface area contributed by atoms with Gasteiger partial charge in [-0.1, -0.05) is 12.1 Å². The first kappa shape index (κ1) is 16.9. The Hall–Kier alpha value is -3.19. The van der Waals surface area contributed by atoms with E-state index in [0.717, 1.165) is 41.3 Å². The maximum absolute atomic E-state index is 13.5. The van der Waals surface area contributed by atoms with Crippen molar-refractivity contribution in [1.29, 1.82) is 0 Å². The lowest BCUT2D eigenvalue weighted by Gasteiger charge is -2.27. The summed E-state index contributed by atoms with van der Waals surface area (Å²) in [7, 11) is 2.00. The maximum atomic E-state index is 13.5. The molecule has 1 aliphatic rings. The number of phenolic OH excluding ortho intramolecular Hbond substituents is 1. The molecule has 1 aliphatic heterocycles. The van der Waals surface area contributed by atoms with Crippen LogP contribution in [0.5, 0.6) is 5.75 Å². The first-order valence-electron chi connectivity index (χ1n) is 9.27. The van der Waals surface area contributed by atoms with E-state index in [1.165, 1.54) is 18.2 Å². The second-order valence-corrected chi connectivity index (χ2v) is 7.21. The van der Waals surface area contributed by atoms with Gasteiger partial charge in [0.15, 0.2) is 5.82 Å². The maximum Gasteiger partial charge on any atom is 0.161 e. The highest BCUT2D eigenvalue weighted by Gasteiger charge is 2.22. The molecule has 1 N–H and O–H groups in total. The van der Waals surface area contributed by atoms with E-state index < -0.39 is 0 Å². The quantitative estimate of drug-likeness (QED) is 0.595. The lowest BCUT2D eigenvalue weighted by Crippen LogP contribution is -2.33. The fraction of sp³-hybridized carbons (Fsp3) is 0.238. The molecule has 3 heterocycles. The number of aryl methyl sites for hydroxylation is 1. The van der Waals surface area contributed by atoms with Crippen LogP contribution in [0.15, 0.2) is 48.5 Å². The van der Waals surface area contributed by atoms with E-state index in [1.54, 1.807) is 0 Å². The second-order valence-electron chi connectivity index (χ2n) is 7.21. The van der Waals surface area contributed by atoms with E-state index >= 15 is 0 Å². The Kier molecular flexibility index (Phi) is 3.91. The van der Waals surface area contributed by atoms with Crippen LogP contribution in [0.2, 0.25) is 0 Å². The van der Waals surface area contributed by atoms with Gasteiger partial charge in [-0.3, -0.25) is 9.58 Å². The van der Waals surface area contributed by atoms with Gasteiger partial charge in [-0.05, 0) is 36.4 Å². The Morgan fingerprint density at radius 2 is 1.96 bits per heavy atom. The van der Waals surface area contributed by atoms with Crippen molar-refractivity contribution >= 4 is 11.0 Å². The molecule has 5 rings (SSSR count). The number of para-hydroxylation sites is 2. The minimum atomic E-state index is -0.334. The summed E-state index contributed by atoms with van der Waals surface area (Å²) >= 11 is 0. The number of fused-ring (bicyclic) bond motifs is 2. The summed E-state index contributed by atoms with van der Waals surface area (Å²) in [6, 6.07) is 14.2. The zero-order chi connectivity index (χ0) is 19.3. The zero-order valence-corrected chi connectivity index (χ0v) is 15.5. The molecule has 0 amide bonds. The number of nitrogens with zero attached hydrogens (tertiary/aromatic N) is 5. The number of halogens is 1. The Bertz CT molecular complexity index is 1180. The van der Waals surface area contributed by atoms with Crippen molar-refractivity contribution in [3.8, 4) is 17.3 Å². The highest BCUT2D eigenvalue weighted by Crippen LogP contribution is 2.26. The predicted octanol–water partition coefficient (Wildman–Crippen LogP) is 3.30. The van der Waals surface area contributed by atoms with E-state index in [2.05, 4.69) is 21.6 Å². The van der Waals surface area contributed by atoms with Gasteiger partial charge in [0.1, 0.15) is 17.3 Å². The van der Waals surface area contributed by atoms with Crippen molar-refractivity contribution in [2.24, 2.45) is 7.05 Å². The molecule has 0 radical (unpaired) electrons. The molecular weight excluding hydrogens is 357 g/mol. The number of hydrogen-bond donors (Lipinski definition) is 1. The molecular formula is C21H20FN5O. The van der Waals surface area contributed by atoms with Crippen LogP contribution in [-0.2, 0) is 26.7 Å². The van der Waals surface area contributed by atoms with Crippen LogP contribution in [0.25, 0.3) is 22.6 Å². The van der Waals surface area contributed by atoms with Gasteiger partial charge < -0.3 is 9.67 Å². The monoisotopic (exact) mass is 377 g/mol. The molecule has 0 spiro atoms. The number of benzene rings is 2. The first-order valence-corrected chi connectivity index (χ1v) is 9.27. The lowest BCUT2D eigenvalue weighted by molar-refractivity contribution is 0.203. The Morgan fingerprint density at radius 3 is 2.82 bits per heavy atom. The fourth-order valence-electron chi connectivity index (χ4n) is 3.86. The van der Waals surface area contributed by atoms with Gasteiger partial charge in [-0.15, -0.1) is 0 Å². The van der Waals surface area contributed by atoms with Crippen molar-refractivity contribution in [2.45, 2.75) is 19.6 Å². The highest BCUT2D eigenvalue weighted by atomic mass is 19.1. The van der Waals surface area contributed by atoms with Gasteiger partial charge in [0.25, 0.3) is 0 Å². The number of rotatable bonds is 3. The second kappa shape index (κ2) is 6.45. The number of aromatic nitrogens is 4. The van der Waals surface area contributed by atoms with E-state index in [1.807, 2.05) is 29.9 Å². The van der Waals surface area contributed by atoms with Crippen LogP contribution in [0.3, 0.4) is 0 Å². The highest BCUT2D eigenvalue weighted by molar-refractivity contribution is 5.79.